The maximum absolute atomic E-state index is 3.82. The highest BCUT2D eigenvalue weighted by Gasteiger charge is 2.33. The summed E-state index contributed by atoms with van der Waals surface area (Å²) in [7, 11) is 0. The molecule has 2 rings (SSSR count). The van der Waals surface area contributed by atoms with Crippen LogP contribution in [0.1, 0.15) is 65.2 Å². The lowest BCUT2D eigenvalue weighted by molar-refractivity contribution is 0.172. The van der Waals surface area contributed by atoms with Crippen LogP contribution < -0.4 is 10.6 Å². The van der Waals surface area contributed by atoms with Crippen LogP contribution in [0.15, 0.2) is 0 Å². The lowest BCUT2D eigenvalue weighted by atomic mass is 9.76. The van der Waals surface area contributed by atoms with Gasteiger partial charge in [-0.25, -0.2) is 0 Å². The molecule has 106 valence electrons. The Morgan fingerprint density at radius 1 is 1.06 bits per heavy atom. The molecule has 1 saturated carbocycles. The van der Waals surface area contributed by atoms with Crippen LogP contribution in [0.25, 0.3) is 0 Å². The Balaban J connectivity index is 1.78. The van der Waals surface area contributed by atoms with E-state index in [0.717, 1.165) is 0 Å². The molecule has 1 unspecified atom stereocenters. The van der Waals surface area contributed by atoms with Gasteiger partial charge in [-0.05, 0) is 49.5 Å². The van der Waals surface area contributed by atoms with E-state index in [1.165, 1.54) is 77.5 Å². The normalized spacial score (nSPS) is 31.7. The summed E-state index contributed by atoms with van der Waals surface area (Å²) < 4.78 is 0. The summed E-state index contributed by atoms with van der Waals surface area (Å²) in [6, 6.07) is 0. The predicted molar refractivity (Wildman–Crippen MR) is 78.9 cm³/mol. The topological polar surface area (TPSA) is 24.1 Å². The van der Waals surface area contributed by atoms with Crippen molar-refractivity contribution in [3.05, 3.63) is 0 Å². The third-order valence-corrected chi connectivity index (χ3v) is 5.20. The quantitative estimate of drug-likeness (QED) is 0.758. The molecule has 2 fully saturated rings. The minimum absolute atomic E-state index is 0.544. The van der Waals surface area contributed by atoms with E-state index in [0.29, 0.717) is 10.8 Å². The summed E-state index contributed by atoms with van der Waals surface area (Å²) in [5, 5.41) is 7.43. The maximum Gasteiger partial charge on any atom is 0.00202 e. The van der Waals surface area contributed by atoms with Gasteiger partial charge in [0.05, 0.1) is 0 Å². The first kappa shape index (κ1) is 14.3. The van der Waals surface area contributed by atoms with Crippen molar-refractivity contribution < 1.29 is 0 Å². The maximum atomic E-state index is 3.82. The zero-order chi connectivity index (χ0) is 12.9. The highest BCUT2D eigenvalue weighted by atomic mass is 14.9. The van der Waals surface area contributed by atoms with Gasteiger partial charge < -0.3 is 10.6 Å². The second kappa shape index (κ2) is 6.38. The fraction of sp³-hybridized carbons (Fsp3) is 1.00. The molecular weight excluding hydrogens is 220 g/mol. The number of rotatable bonds is 6. The molecule has 2 N–H and O–H groups in total. The Hall–Kier alpha value is -0.0800. The van der Waals surface area contributed by atoms with E-state index < -0.39 is 0 Å². The van der Waals surface area contributed by atoms with E-state index in [1.807, 2.05) is 0 Å². The zero-order valence-electron chi connectivity index (χ0n) is 12.5. The molecule has 1 aliphatic heterocycles. The highest BCUT2D eigenvalue weighted by Crippen LogP contribution is 2.37. The van der Waals surface area contributed by atoms with Crippen molar-refractivity contribution in [1.29, 1.82) is 0 Å². The first-order valence-corrected chi connectivity index (χ1v) is 8.10. The van der Waals surface area contributed by atoms with Crippen LogP contribution in [0, 0.1) is 10.8 Å². The lowest BCUT2D eigenvalue weighted by Crippen LogP contribution is -2.47. The molecule has 1 atom stereocenters. The van der Waals surface area contributed by atoms with Crippen molar-refractivity contribution in [3.63, 3.8) is 0 Å². The number of hydrogen-bond acceptors (Lipinski definition) is 2. The molecular formula is C16H32N2. The molecule has 0 aromatic rings. The molecule has 0 aromatic carbocycles. The van der Waals surface area contributed by atoms with Crippen LogP contribution in [0.5, 0.6) is 0 Å². The van der Waals surface area contributed by atoms with Gasteiger partial charge in [-0.3, -0.25) is 0 Å². The van der Waals surface area contributed by atoms with Crippen LogP contribution in [0.2, 0.25) is 0 Å². The van der Waals surface area contributed by atoms with Gasteiger partial charge in [0.2, 0.25) is 0 Å². The molecule has 0 bridgehead atoms. The van der Waals surface area contributed by atoms with Crippen LogP contribution in [-0.2, 0) is 0 Å². The van der Waals surface area contributed by atoms with Crippen molar-refractivity contribution in [1.82, 2.24) is 10.6 Å². The smallest absolute Gasteiger partial charge is 0.00202 e. The minimum atomic E-state index is 0.544. The zero-order valence-corrected chi connectivity index (χ0v) is 12.5. The van der Waals surface area contributed by atoms with E-state index in [-0.39, 0.29) is 0 Å². The fourth-order valence-electron chi connectivity index (χ4n) is 4.05. The van der Waals surface area contributed by atoms with Crippen molar-refractivity contribution in [2.24, 2.45) is 10.8 Å². The van der Waals surface area contributed by atoms with Gasteiger partial charge in [-0.2, -0.15) is 0 Å². The summed E-state index contributed by atoms with van der Waals surface area (Å²) in [6.45, 7) is 9.71. The van der Waals surface area contributed by atoms with E-state index in [9.17, 15) is 0 Å². The second-order valence-corrected chi connectivity index (χ2v) is 7.15. The second-order valence-electron chi connectivity index (χ2n) is 7.15. The molecule has 18 heavy (non-hydrogen) atoms. The average molecular weight is 252 g/mol. The van der Waals surface area contributed by atoms with Crippen molar-refractivity contribution in [2.75, 3.05) is 26.2 Å². The number of nitrogens with one attached hydrogen (secondary N) is 2. The van der Waals surface area contributed by atoms with Gasteiger partial charge in [0, 0.05) is 19.6 Å². The van der Waals surface area contributed by atoms with E-state index in [1.54, 1.807) is 0 Å². The third-order valence-electron chi connectivity index (χ3n) is 5.20. The van der Waals surface area contributed by atoms with Gasteiger partial charge in [0.1, 0.15) is 0 Å². The molecule has 0 spiro atoms. The Labute approximate surface area is 113 Å². The molecule has 1 saturated heterocycles. The van der Waals surface area contributed by atoms with Crippen molar-refractivity contribution in [3.8, 4) is 0 Å². The highest BCUT2D eigenvalue weighted by molar-refractivity contribution is 4.89. The molecule has 2 aliphatic rings. The largest absolute Gasteiger partial charge is 0.316 e. The fourth-order valence-corrected chi connectivity index (χ4v) is 4.05. The SMILES string of the molecule is CCCC1(CNCC2(C)CCCC2)CCCNC1. The monoisotopic (exact) mass is 252 g/mol. The van der Waals surface area contributed by atoms with Gasteiger partial charge in [0.15, 0.2) is 0 Å². The minimum Gasteiger partial charge on any atom is -0.316 e. The van der Waals surface area contributed by atoms with Gasteiger partial charge >= 0.3 is 0 Å². The van der Waals surface area contributed by atoms with Crippen LogP contribution in [-0.4, -0.2) is 26.2 Å². The van der Waals surface area contributed by atoms with E-state index >= 15 is 0 Å². The summed E-state index contributed by atoms with van der Waals surface area (Å²) in [5.74, 6) is 0. The average Bonchev–Trinajstić information content (AvgIpc) is 2.78. The Morgan fingerprint density at radius 2 is 1.83 bits per heavy atom. The first-order chi connectivity index (χ1) is 8.68. The van der Waals surface area contributed by atoms with Crippen LogP contribution >= 0.6 is 0 Å². The van der Waals surface area contributed by atoms with Gasteiger partial charge in [0.25, 0.3) is 0 Å². The van der Waals surface area contributed by atoms with Crippen LogP contribution in [0.4, 0.5) is 0 Å². The van der Waals surface area contributed by atoms with E-state index in [2.05, 4.69) is 24.5 Å². The standard InChI is InChI=1S/C16H32N2/c1-3-7-16(10-6-11-17-13-16)14-18-12-15(2)8-4-5-9-15/h17-18H,3-14H2,1-2H3. The first-order valence-electron chi connectivity index (χ1n) is 8.10. The Morgan fingerprint density at radius 3 is 2.44 bits per heavy atom. The lowest BCUT2D eigenvalue weighted by Gasteiger charge is -2.39. The Kier molecular flexibility index (Phi) is 5.08. The summed E-state index contributed by atoms with van der Waals surface area (Å²) in [6.07, 6.45) is 11.2. The summed E-state index contributed by atoms with van der Waals surface area (Å²) >= 11 is 0. The molecule has 0 radical (unpaired) electrons. The van der Waals surface area contributed by atoms with Crippen LogP contribution in [0.3, 0.4) is 0 Å². The summed E-state index contributed by atoms with van der Waals surface area (Å²) in [4.78, 5) is 0. The van der Waals surface area contributed by atoms with Crippen molar-refractivity contribution >= 4 is 0 Å². The molecule has 1 aliphatic carbocycles. The van der Waals surface area contributed by atoms with Crippen molar-refractivity contribution in [2.45, 2.75) is 65.2 Å². The molecule has 2 nitrogen and oxygen atoms in total. The summed E-state index contributed by atoms with van der Waals surface area (Å²) in [5.41, 5.74) is 1.14. The number of hydrogen-bond donors (Lipinski definition) is 2. The Bertz CT molecular complexity index is 232. The molecule has 1 heterocycles. The molecule has 2 heteroatoms. The van der Waals surface area contributed by atoms with Gasteiger partial charge in [-0.15, -0.1) is 0 Å². The van der Waals surface area contributed by atoms with Gasteiger partial charge in [-0.1, -0.05) is 33.1 Å². The predicted octanol–water partition coefficient (Wildman–Crippen LogP) is 3.33. The number of piperidine rings is 1. The molecule has 0 aromatic heterocycles. The van der Waals surface area contributed by atoms with E-state index in [4.69, 9.17) is 0 Å². The third kappa shape index (κ3) is 3.71. The molecule has 0 amide bonds.